The Bertz CT molecular complexity index is 1480. The van der Waals surface area contributed by atoms with Crippen LogP contribution in [0.2, 0.25) is 0 Å². The van der Waals surface area contributed by atoms with Gasteiger partial charge in [-0.15, -0.1) is 5.10 Å². The molecule has 41 heavy (non-hydrogen) atoms. The topological polar surface area (TPSA) is 142 Å². The summed E-state index contributed by atoms with van der Waals surface area (Å²) in [6, 6.07) is 22.9. The van der Waals surface area contributed by atoms with Crippen LogP contribution < -0.4 is 21.1 Å². The number of nitrogen functional groups attached to an aromatic ring is 1. The molecule has 10 heteroatoms. The van der Waals surface area contributed by atoms with Crippen molar-refractivity contribution in [2.24, 2.45) is 5.92 Å². The number of nitrogens with one attached hydrogen (secondary N) is 2. The minimum absolute atomic E-state index is 0.0708. The summed E-state index contributed by atoms with van der Waals surface area (Å²) in [6.07, 6.45) is 4.37. The number of hydrogen-bond donors (Lipinski definition) is 3. The van der Waals surface area contributed by atoms with Crippen molar-refractivity contribution in [3.05, 3.63) is 89.8 Å². The Hall–Kier alpha value is -4.86. The zero-order chi connectivity index (χ0) is 28.6. The third-order valence-electron chi connectivity index (χ3n) is 7.28. The number of ether oxygens (including phenoxy) is 2. The highest BCUT2D eigenvalue weighted by Gasteiger charge is 2.25. The lowest BCUT2D eigenvalue weighted by molar-refractivity contribution is -0.142. The molecule has 1 aliphatic rings. The number of carbonyl (C=O) groups is 2. The minimum atomic E-state index is -0.562. The first kappa shape index (κ1) is 27.7. The molecule has 0 saturated heterocycles. The van der Waals surface area contributed by atoms with Gasteiger partial charge in [0, 0.05) is 18.2 Å². The first-order valence-electron chi connectivity index (χ1n) is 13.6. The van der Waals surface area contributed by atoms with Gasteiger partial charge in [-0.1, -0.05) is 47.6 Å². The second-order valence-electron chi connectivity index (χ2n) is 10.1. The molecule has 1 aromatic heterocycles. The molecule has 3 aromatic carbocycles. The molecule has 212 valence electrons. The van der Waals surface area contributed by atoms with E-state index in [0.29, 0.717) is 47.7 Å². The molecule has 0 atom stereocenters. The van der Waals surface area contributed by atoms with Gasteiger partial charge in [-0.3, -0.25) is 9.59 Å². The monoisotopic (exact) mass is 555 g/mol. The lowest BCUT2D eigenvalue weighted by Crippen LogP contribution is -2.17. The van der Waals surface area contributed by atoms with Crippen molar-refractivity contribution in [1.82, 2.24) is 10.2 Å². The van der Waals surface area contributed by atoms with Crippen molar-refractivity contribution >= 4 is 35.0 Å². The molecule has 1 amide bonds. The van der Waals surface area contributed by atoms with Crippen LogP contribution in [-0.4, -0.2) is 29.2 Å². The third-order valence-corrected chi connectivity index (χ3v) is 7.28. The lowest BCUT2D eigenvalue weighted by Gasteiger charge is -2.28. The van der Waals surface area contributed by atoms with E-state index in [2.05, 4.69) is 20.8 Å². The molecular formula is C31H33N5O5. The summed E-state index contributed by atoms with van der Waals surface area (Å²) in [7, 11) is 1.43. The first-order chi connectivity index (χ1) is 20.0. The average Bonchev–Trinajstić information content (AvgIpc) is 3.47. The van der Waals surface area contributed by atoms with Gasteiger partial charge in [0.25, 0.3) is 0 Å². The number of nitrogens with zero attached hydrogens (tertiary/aromatic N) is 2. The third kappa shape index (κ3) is 7.42. The number of carbonyl (C=O) groups excluding carboxylic acids is 2. The second-order valence-corrected chi connectivity index (χ2v) is 10.1. The summed E-state index contributed by atoms with van der Waals surface area (Å²) in [5.74, 6) is 0.484. The van der Waals surface area contributed by atoms with Crippen LogP contribution in [0.5, 0.6) is 5.75 Å². The van der Waals surface area contributed by atoms with Gasteiger partial charge in [-0.2, -0.15) is 0 Å². The maximum absolute atomic E-state index is 12.8. The van der Waals surface area contributed by atoms with Crippen LogP contribution >= 0.6 is 0 Å². The lowest BCUT2D eigenvalue weighted by atomic mass is 9.77. The molecule has 0 aliphatic heterocycles. The van der Waals surface area contributed by atoms with Gasteiger partial charge in [-0.05, 0) is 72.9 Å². The summed E-state index contributed by atoms with van der Waals surface area (Å²) in [5.41, 5.74) is 10.1. The number of nitrogens with two attached hydrogens (primary N) is 1. The molecule has 0 spiro atoms. The maximum Gasteiger partial charge on any atom is 0.320 e. The van der Waals surface area contributed by atoms with Crippen LogP contribution in [0.4, 0.5) is 23.1 Å². The fraction of sp³-hybridized carbons (Fsp3) is 0.290. The molecule has 1 fully saturated rings. The van der Waals surface area contributed by atoms with Gasteiger partial charge >= 0.3 is 23.8 Å². The van der Waals surface area contributed by atoms with Crippen molar-refractivity contribution in [2.75, 3.05) is 23.5 Å². The van der Waals surface area contributed by atoms with E-state index in [1.54, 1.807) is 12.1 Å². The number of anilines is 4. The molecular weight excluding hydrogens is 522 g/mol. The van der Waals surface area contributed by atoms with E-state index in [1.165, 1.54) is 7.11 Å². The smallest absolute Gasteiger partial charge is 0.320 e. The zero-order valence-corrected chi connectivity index (χ0v) is 22.8. The van der Waals surface area contributed by atoms with Gasteiger partial charge < -0.3 is 30.3 Å². The van der Waals surface area contributed by atoms with E-state index in [4.69, 9.17) is 19.6 Å². The Morgan fingerprint density at radius 3 is 2.54 bits per heavy atom. The fourth-order valence-electron chi connectivity index (χ4n) is 5.04. The molecule has 1 heterocycles. The highest BCUT2D eigenvalue weighted by molar-refractivity contribution is 6.02. The van der Waals surface area contributed by atoms with Gasteiger partial charge in [0.1, 0.15) is 12.4 Å². The summed E-state index contributed by atoms with van der Waals surface area (Å²) in [6.45, 7) is 0.442. The largest absolute Gasteiger partial charge is 0.489 e. The van der Waals surface area contributed by atoms with Gasteiger partial charge in [-0.25, -0.2) is 0 Å². The highest BCUT2D eigenvalue weighted by Crippen LogP contribution is 2.38. The van der Waals surface area contributed by atoms with E-state index in [0.717, 1.165) is 36.8 Å². The normalized spacial score (nSPS) is 16.5. The molecule has 4 aromatic rings. The number of amides is 1. The maximum atomic E-state index is 12.8. The Balaban J connectivity index is 1.14. The van der Waals surface area contributed by atoms with E-state index < -0.39 is 5.91 Å². The molecule has 10 nitrogen and oxygen atoms in total. The predicted molar refractivity (Wildman–Crippen MR) is 155 cm³/mol. The number of esters is 1. The van der Waals surface area contributed by atoms with Crippen molar-refractivity contribution in [2.45, 2.75) is 44.6 Å². The molecule has 4 N–H and O–H groups in total. The van der Waals surface area contributed by atoms with Crippen molar-refractivity contribution < 1.29 is 23.5 Å². The van der Waals surface area contributed by atoms with Crippen LogP contribution in [0.15, 0.2) is 77.2 Å². The summed E-state index contributed by atoms with van der Waals surface area (Å²) in [4.78, 5) is 24.4. The average molecular weight is 556 g/mol. The number of rotatable bonds is 10. The molecule has 0 unspecified atom stereocenters. The van der Waals surface area contributed by atoms with Crippen molar-refractivity contribution in [1.29, 1.82) is 0 Å². The molecule has 5 rings (SSSR count). The van der Waals surface area contributed by atoms with Crippen LogP contribution in [0.25, 0.3) is 0 Å². The van der Waals surface area contributed by atoms with E-state index in [9.17, 15) is 9.59 Å². The van der Waals surface area contributed by atoms with Crippen LogP contribution in [0, 0.1) is 5.92 Å². The van der Waals surface area contributed by atoms with Gasteiger partial charge in [0.05, 0.1) is 18.5 Å². The Morgan fingerprint density at radius 2 is 1.78 bits per heavy atom. The van der Waals surface area contributed by atoms with Crippen molar-refractivity contribution in [3.63, 3.8) is 0 Å². The second kappa shape index (κ2) is 13.0. The molecule has 0 bridgehead atoms. The summed E-state index contributed by atoms with van der Waals surface area (Å²) in [5, 5.41) is 13.6. The van der Waals surface area contributed by atoms with E-state index >= 15 is 0 Å². The molecule has 0 radical (unpaired) electrons. The zero-order valence-electron chi connectivity index (χ0n) is 22.8. The Kier molecular flexibility index (Phi) is 8.78. The van der Waals surface area contributed by atoms with Gasteiger partial charge in [0.15, 0.2) is 0 Å². The Labute approximate surface area is 238 Å². The standard InChI is InChI=1S/C31H33N5O5/c1-39-28(37)16-20-10-12-22(13-11-20)23-14-15-27(26(32)17-23)34-29(38)30-35-36-31(41-30)33-24-8-5-9-25(18-24)40-19-21-6-3-2-4-7-21/h2-9,14-15,17-18,20,22H,10-13,16,19,32H2,1H3,(H,33,36)(H,34,38). The van der Waals surface area contributed by atoms with E-state index in [-0.39, 0.29) is 17.9 Å². The molecule has 1 saturated carbocycles. The number of methoxy groups -OCH3 is 1. The van der Waals surface area contributed by atoms with Crippen LogP contribution in [0.3, 0.4) is 0 Å². The summed E-state index contributed by atoms with van der Waals surface area (Å²) < 4.78 is 16.2. The molecule has 1 aliphatic carbocycles. The van der Waals surface area contributed by atoms with Crippen molar-refractivity contribution in [3.8, 4) is 5.75 Å². The quantitative estimate of drug-likeness (QED) is 0.157. The van der Waals surface area contributed by atoms with Crippen LogP contribution in [-0.2, 0) is 16.1 Å². The van der Waals surface area contributed by atoms with Crippen LogP contribution in [0.1, 0.15) is 59.8 Å². The number of benzene rings is 3. The predicted octanol–water partition coefficient (Wildman–Crippen LogP) is 6.06. The fourth-order valence-corrected chi connectivity index (χ4v) is 5.04. The number of hydrogen-bond acceptors (Lipinski definition) is 9. The first-order valence-corrected chi connectivity index (χ1v) is 13.6. The summed E-state index contributed by atoms with van der Waals surface area (Å²) >= 11 is 0. The van der Waals surface area contributed by atoms with E-state index in [1.807, 2.05) is 60.7 Å². The van der Waals surface area contributed by atoms with Gasteiger partial charge in [0.2, 0.25) is 0 Å². The Morgan fingerprint density at radius 1 is 0.976 bits per heavy atom. The number of aromatic nitrogens is 2. The minimum Gasteiger partial charge on any atom is -0.489 e. The highest BCUT2D eigenvalue weighted by atomic mass is 16.5. The SMILES string of the molecule is COC(=O)CC1CCC(c2ccc(NC(=O)c3nnc(Nc4cccc(OCc5ccccc5)c4)o3)c(N)c2)CC1.